The molecule has 4 aromatic rings. The standard InChI is InChI=1S/C23H23ClN6OS/c1-14-10-15(2)28-23(27-14)30-22(29-21(31)12-18-4-3-9-32-18)25-8-7-16-13-26-20-6-5-17(24)11-19(16)20/h3-6,9-11,13,26H,7-8,12H2,1-2H3,(H2,25,27,28,29,30,31). The van der Waals surface area contributed by atoms with Crippen LogP contribution >= 0.6 is 22.9 Å². The van der Waals surface area contributed by atoms with E-state index >= 15 is 0 Å². The quantitative estimate of drug-likeness (QED) is 0.284. The maximum Gasteiger partial charge on any atom is 0.231 e. The number of carbonyl (C=O) groups is 1. The van der Waals surface area contributed by atoms with E-state index in [0.29, 0.717) is 29.9 Å². The molecule has 0 radical (unpaired) electrons. The molecule has 3 heterocycles. The van der Waals surface area contributed by atoms with Crippen molar-refractivity contribution in [2.45, 2.75) is 26.7 Å². The molecule has 9 heteroatoms. The monoisotopic (exact) mass is 466 g/mol. The van der Waals surface area contributed by atoms with Gasteiger partial charge in [0, 0.05) is 44.9 Å². The van der Waals surface area contributed by atoms with E-state index < -0.39 is 0 Å². The Morgan fingerprint density at radius 2 is 2.00 bits per heavy atom. The number of amides is 1. The highest BCUT2D eigenvalue weighted by molar-refractivity contribution is 7.10. The average Bonchev–Trinajstić information content (AvgIpc) is 3.37. The number of halogens is 1. The summed E-state index contributed by atoms with van der Waals surface area (Å²) in [5, 5.41) is 9.65. The normalized spacial score (nSPS) is 11.7. The van der Waals surface area contributed by atoms with Crippen LogP contribution in [0.1, 0.15) is 21.8 Å². The number of aromatic amines is 1. The Bertz CT molecular complexity index is 1240. The van der Waals surface area contributed by atoms with Crippen LogP contribution in [0.2, 0.25) is 5.02 Å². The van der Waals surface area contributed by atoms with Crippen LogP contribution < -0.4 is 10.6 Å². The molecule has 3 aromatic heterocycles. The van der Waals surface area contributed by atoms with Gasteiger partial charge in [0.1, 0.15) is 0 Å². The van der Waals surface area contributed by atoms with Crippen molar-refractivity contribution in [2.24, 2.45) is 4.99 Å². The molecule has 1 amide bonds. The third-order valence-corrected chi connectivity index (χ3v) is 5.88. The number of anilines is 1. The van der Waals surface area contributed by atoms with E-state index in [9.17, 15) is 4.79 Å². The molecule has 164 valence electrons. The molecule has 0 aliphatic heterocycles. The van der Waals surface area contributed by atoms with E-state index in [2.05, 4.69) is 30.6 Å². The van der Waals surface area contributed by atoms with Crippen molar-refractivity contribution in [2.75, 3.05) is 11.9 Å². The van der Waals surface area contributed by atoms with Crippen molar-refractivity contribution in [1.82, 2.24) is 20.3 Å². The summed E-state index contributed by atoms with van der Waals surface area (Å²) in [5.41, 5.74) is 3.80. The van der Waals surface area contributed by atoms with Crippen molar-refractivity contribution in [3.63, 3.8) is 0 Å². The second kappa shape index (κ2) is 9.93. The highest BCUT2D eigenvalue weighted by atomic mass is 35.5. The van der Waals surface area contributed by atoms with Crippen LogP contribution in [-0.4, -0.2) is 33.4 Å². The molecule has 7 nitrogen and oxygen atoms in total. The third kappa shape index (κ3) is 5.72. The minimum atomic E-state index is -0.151. The summed E-state index contributed by atoms with van der Waals surface area (Å²) in [6, 6.07) is 11.5. The first-order chi connectivity index (χ1) is 15.5. The number of hydrogen-bond acceptors (Lipinski definition) is 5. The molecule has 0 saturated carbocycles. The third-order valence-electron chi connectivity index (χ3n) is 4.77. The van der Waals surface area contributed by atoms with Crippen molar-refractivity contribution < 1.29 is 4.79 Å². The van der Waals surface area contributed by atoms with E-state index in [4.69, 9.17) is 11.6 Å². The molecule has 0 aliphatic carbocycles. The van der Waals surface area contributed by atoms with Gasteiger partial charge in [-0.05, 0) is 61.5 Å². The van der Waals surface area contributed by atoms with Gasteiger partial charge in [-0.1, -0.05) is 17.7 Å². The van der Waals surface area contributed by atoms with E-state index in [-0.39, 0.29) is 12.3 Å². The summed E-state index contributed by atoms with van der Waals surface area (Å²) in [4.78, 5) is 30.2. The zero-order chi connectivity index (χ0) is 22.5. The second-order valence-corrected chi connectivity index (χ2v) is 8.86. The predicted molar refractivity (Wildman–Crippen MR) is 131 cm³/mol. The minimum Gasteiger partial charge on any atom is -0.361 e. The number of fused-ring (bicyclic) bond motifs is 1. The Labute approximate surface area is 195 Å². The summed E-state index contributed by atoms with van der Waals surface area (Å²) in [7, 11) is 0. The number of hydrogen-bond donors (Lipinski definition) is 3. The van der Waals surface area contributed by atoms with Gasteiger partial charge in [0.15, 0.2) is 0 Å². The maximum absolute atomic E-state index is 12.6. The molecule has 0 unspecified atom stereocenters. The summed E-state index contributed by atoms with van der Waals surface area (Å²) < 4.78 is 0. The summed E-state index contributed by atoms with van der Waals surface area (Å²) in [5.74, 6) is 0.577. The number of thiophene rings is 1. The fourth-order valence-corrected chi connectivity index (χ4v) is 4.27. The van der Waals surface area contributed by atoms with Crippen LogP contribution in [0.25, 0.3) is 10.9 Å². The first-order valence-electron chi connectivity index (χ1n) is 10.2. The van der Waals surface area contributed by atoms with E-state index in [1.165, 1.54) is 0 Å². The van der Waals surface area contributed by atoms with Crippen molar-refractivity contribution in [3.05, 3.63) is 74.8 Å². The number of aromatic nitrogens is 3. The molecular formula is C23H23ClN6OS. The minimum absolute atomic E-state index is 0.151. The molecule has 0 saturated heterocycles. The van der Waals surface area contributed by atoms with Gasteiger partial charge in [-0.15, -0.1) is 11.3 Å². The number of benzene rings is 1. The lowest BCUT2D eigenvalue weighted by Crippen LogP contribution is -2.37. The Morgan fingerprint density at radius 1 is 1.19 bits per heavy atom. The van der Waals surface area contributed by atoms with Gasteiger partial charge in [-0.25, -0.2) is 9.97 Å². The molecule has 0 atom stereocenters. The smallest absolute Gasteiger partial charge is 0.231 e. The molecule has 3 N–H and O–H groups in total. The van der Waals surface area contributed by atoms with Gasteiger partial charge in [0.05, 0.1) is 6.42 Å². The largest absolute Gasteiger partial charge is 0.361 e. The Kier molecular flexibility index (Phi) is 6.82. The van der Waals surface area contributed by atoms with Crippen LogP contribution in [0.5, 0.6) is 0 Å². The summed E-state index contributed by atoms with van der Waals surface area (Å²) >= 11 is 7.70. The second-order valence-electron chi connectivity index (χ2n) is 7.39. The lowest BCUT2D eigenvalue weighted by Gasteiger charge is -2.11. The van der Waals surface area contributed by atoms with Crippen LogP contribution in [0, 0.1) is 13.8 Å². The first kappa shape index (κ1) is 22.0. The number of guanidine groups is 1. The fourth-order valence-electron chi connectivity index (χ4n) is 3.39. The molecule has 0 bridgehead atoms. The molecule has 0 fully saturated rings. The number of nitrogens with one attached hydrogen (secondary N) is 3. The molecule has 4 rings (SSSR count). The lowest BCUT2D eigenvalue weighted by atomic mass is 10.1. The van der Waals surface area contributed by atoms with E-state index in [1.807, 2.05) is 61.8 Å². The maximum atomic E-state index is 12.6. The van der Waals surface area contributed by atoms with Gasteiger partial charge >= 0.3 is 0 Å². The number of H-pyrrole nitrogens is 1. The van der Waals surface area contributed by atoms with Crippen LogP contribution in [-0.2, 0) is 17.6 Å². The topological polar surface area (TPSA) is 95.1 Å². The number of nitrogens with zero attached hydrogens (tertiary/aromatic N) is 3. The van der Waals surface area contributed by atoms with E-state index in [0.717, 1.165) is 32.7 Å². The van der Waals surface area contributed by atoms with Crippen molar-refractivity contribution in [1.29, 1.82) is 0 Å². The van der Waals surface area contributed by atoms with Gasteiger partial charge in [-0.3, -0.25) is 20.4 Å². The number of aryl methyl sites for hydroxylation is 2. The highest BCUT2D eigenvalue weighted by Gasteiger charge is 2.11. The molecule has 1 aromatic carbocycles. The van der Waals surface area contributed by atoms with Gasteiger partial charge in [0.25, 0.3) is 0 Å². The van der Waals surface area contributed by atoms with Crippen molar-refractivity contribution >= 4 is 51.7 Å². The highest BCUT2D eigenvalue weighted by Crippen LogP contribution is 2.22. The fraction of sp³-hybridized carbons (Fsp3) is 0.217. The van der Waals surface area contributed by atoms with Crippen LogP contribution in [0.3, 0.4) is 0 Å². The predicted octanol–water partition coefficient (Wildman–Crippen LogP) is 4.66. The lowest BCUT2D eigenvalue weighted by molar-refractivity contribution is -0.119. The van der Waals surface area contributed by atoms with Gasteiger partial charge < -0.3 is 4.98 Å². The average molecular weight is 467 g/mol. The van der Waals surface area contributed by atoms with Crippen molar-refractivity contribution in [3.8, 4) is 0 Å². The number of carbonyl (C=O) groups excluding carboxylic acids is 1. The first-order valence-corrected chi connectivity index (χ1v) is 11.4. The van der Waals surface area contributed by atoms with Crippen LogP contribution in [0.4, 0.5) is 5.95 Å². The Hall–Kier alpha value is -3.23. The number of rotatable bonds is 6. The molecule has 0 aliphatic rings. The van der Waals surface area contributed by atoms with Gasteiger partial charge in [0.2, 0.25) is 17.8 Å². The Balaban J connectivity index is 1.50. The SMILES string of the molecule is Cc1cc(C)nc(NC(=NCCc2c[nH]c3ccc(Cl)cc23)NC(=O)Cc2cccs2)n1. The zero-order valence-electron chi connectivity index (χ0n) is 17.8. The van der Waals surface area contributed by atoms with E-state index in [1.54, 1.807) is 11.3 Å². The van der Waals surface area contributed by atoms with Gasteiger partial charge in [-0.2, -0.15) is 0 Å². The molecule has 32 heavy (non-hydrogen) atoms. The summed E-state index contributed by atoms with van der Waals surface area (Å²) in [6.07, 6.45) is 2.93. The summed E-state index contributed by atoms with van der Waals surface area (Å²) in [6.45, 7) is 4.26. The molecule has 0 spiro atoms. The number of aliphatic imine (C=N–C) groups is 1. The van der Waals surface area contributed by atoms with Crippen LogP contribution in [0.15, 0.2) is 53.0 Å². The zero-order valence-corrected chi connectivity index (χ0v) is 19.3. The molecular weight excluding hydrogens is 444 g/mol. The Morgan fingerprint density at radius 3 is 2.75 bits per heavy atom.